The zero-order valence-corrected chi connectivity index (χ0v) is 19.3. The molecule has 0 aliphatic carbocycles. The highest BCUT2D eigenvalue weighted by Crippen LogP contribution is 2.26. The number of hydrogen-bond donors (Lipinski definition) is 0. The number of benzene rings is 1. The predicted octanol–water partition coefficient (Wildman–Crippen LogP) is 7.28. The van der Waals surface area contributed by atoms with Crippen LogP contribution >= 0.6 is 0 Å². The summed E-state index contributed by atoms with van der Waals surface area (Å²) in [6.07, 6.45) is 14.4. The van der Waals surface area contributed by atoms with Gasteiger partial charge in [-0.25, -0.2) is 8.42 Å². The third kappa shape index (κ3) is 10.1. The van der Waals surface area contributed by atoms with Gasteiger partial charge >= 0.3 is 0 Å². The fourth-order valence-corrected chi connectivity index (χ4v) is 4.49. The molecule has 0 saturated carbocycles. The number of hydrogen-bond acceptors (Lipinski definition) is 3. The van der Waals surface area contributed by atoms with Crippen LogP contribution in [0.25, 0.3) is 0 Å². The van der Waals surface area contributed by atoms with Crippen molar-refractivity contribution in [2.45, 2.75) is 109 Å². The highest BCUT2D eigenvalue weighted by Gasteiger charge is 2.10. The van der Waals surface area contributed by atoms with Crippen molar-refractivity contribution in [2.75, 3.05) is 0 Å². The molecule has 162 valence electrons. The second kappa shape index (κ2) is 13.4. The topological polar surface area (TPSA) is 57.2 Å². The normalized spacial score (nSPS) is 15.3. The zero-order valence-electron chi connectivity index (χ0n) is 18.5. The Balaban J connectivity index is 2.22. The molecular weight excluding hydrogens is 368 g/mol. The summed E-state index contributed by atoms with van der Waals surface area (Å²) in [5, 5.41) is 0. The SMILES string of the molecule is CCCCC(CC)CCCCC(C)CCCC(C)c1ccc(S(=O)(=O)[O-])cc1. The quantitative estimate of drug-likeness (QED) is 0.226. The molecule has 0 fully saturated rings. The van der Waals surface area contributed by atoms with Gasteiger partial charge in [0, 0.05) is 0 Å². The van der Waals surface area contributed by atoms with Crippen molar-refractivity contribution in [3.8, 4) is 0 Å². The fourth-order valence-electron chi connectivity index (χ4n) is 4.02. The van der Waals surface area contributed by atoms with E-state index in [4.69, 9.17) is 0 Å². The molecule has 0 aliphatic rings. The summed E-state index contributed by atoms with van der Waals surface area (Å²) >= 11 is 0. The van der Waals surface area contributed by atoms with Gasteiger partial charge in [0.25, 0.3) is 0 Å². The molecule has 28 heavy (non-hydrogen) atoms. The van der Waals surface area contributed by atoms with Gasteiger partial charge in [-0.1, -0.05) is 104 Å². The van der Waals surface area contributed by atoms with Gasteiger partial charge in [0.05, 0.1) is 4.90 Å². The highest BCUT2D eigenvalue weighted by molar-refractivity contribution is 7.85. The van der Waals surface area contributed by atoms with Crippen LogP contribution in [0.1, 0.15) is 110 Å². The second-order valence-corrected chi connectivity index (χ2v) is 10.0. The first-order valence-corrected chi connectivity index (χ1v) is 12.7. The van der Waals surface area contributed by atoms with E-state index in [1.165, 1.54) is 76.3 Å². The molecule has 0 amide bonds. The molecule has 0 saturated heterocycles. The van der Waals surface area contributed by atoms with Crippen LogP contribution in [0.2, 0.25) is 0 Å². The summed E-state index contributed by atoms with van der Waals surface area (Å²) < 4.78 is 33.0. The first kappa shape index (κ1) is 25.2. The third-order valence-corrected chi connectivity index (χ3v) is 7.02. The molecule has 1 aromatic rings. The summed E-state index contributed by atoms with van der Waals surface area (Å²) in [6.45, 7) is 9.15. The summed E-state index contributed by atoms with van der Waals surface area (Å²) in [6, 6.07) is 6.42. The molecule has 3 nitrogen and oxygen atoms in total. The van der Waals surface area contributed by atoms with E-state index in [0.29, 0.717) is 5.92 Å². The number of unbranched alkanes of at least 4 members (excludes halogenated alkanes) is 2. The summed E-state index contributed by atoms with van der Waals surface area (Å²) in [4.78, 5) is -0.142. The lowest BCUT2D eigenvalue weighted by atomic mass is 9.90. The predicted molar refractivity (Wildman–Crippen MR) is 118 cm³/mol. The Kier molecular flexibility index (Phi) is 12.0. The molecule has 3 unspecified atom stereocenters. The van der Waals surface area contributed by atoms with Gasteiger partial charge in [0.15, 0.2) is 0 Å². The third-order valence-electron chi connectivity index (χ3n) is 6.17. The van der Waals surface area contributed by atoms with Crippen LogP contribution < -0.4 is 0 Å². The van der Waals surface area contributed by atoms with Crippen molar-refractivity contribution < 1.29 is 13.0 Å². The second-order valence-electron chi connectivity index (χ2n) is 8.66. The van der Waals surface area contributed by atoms with Crippen molar-refractivity contribution in [1.82, 2.24) is 0 Å². The van der Waals surface area contributed by atoms with E-state index in [2.05, 4.69) is 27.7 Å². The van der Waals surface area contributed by atoms with E-state index in [-0.39, 0.29) is 4.90 Å². The molecule has 0 radical (unpaired) electrons. The van der Waals surface area contributed by atoms with E-state index < -0.39 is 10.1 Å². The average Bonchev–Trinajstić information content (AvgIpc) is 2.66. The van der Waals surface area contributed by atoms with Gasteiger partial charge in [-0.05, 0) is 41.9 Å². The maximum atomic E-state index is 11.0. The lowest BCUT2D eigenvalue weighted by Crippen LogP contribution is -2.02. The van der Waals surface area contributed by atoms with E-state index in [1.54, 1.807) is 12.1 Å². The van der Waals surface area contributed by atoms with Crippen molar-refractivity contribution in [3.05, 3.63) is 29.8 Å². The van der Waals surface area contributed by atoms with Crippen LogP contribution in [0.3, 0.4) is 0 Å². The maximum absolute atomic E-state index is 11.0. The summed E-state index contributed by atoms with van der Waals surface area (Å²) in [5.74, 6) is 2.09. The molecule has 0 aliphatic heterocycles. The Hall–Kier alpha value is -0.870. The Morgan fingerprint density at radius 1 is 0.821 bits per heavy atom. The van der Waals surface area contributed by atoms with Crippen LogP contribution in [0.4, 0.5) is 0 Å². The minimum absolute atomic E-state index is 0.142. The Labute approximate surface area is 174 Å². The maximum Gasteiger partial charge on any atom is 0.124 e. The lowest BCUT2D eigenvalue weighted by molar-refractivity contribution is 0.380. The Bertz CT molecular complexity index is 622. The molecule has 0 heterocycles. The van der Waals surface area contributed by atoms with E-state index in [1.807, 2.05) is 0 Å². The molecule has 0 N–H and O–H groups in total. The van der Waals surface area contributed by atoms with Crippen LogP contribution in [0.5, 0.6) is 0 Å². The van der Waals surface area contributed by atoms with Gasteiger partial charge in [-0.2, -0.15) is 0 Å². The van der Waals surface area contributed by atoms with Gasteiger partial charge in [0.1, 0.15) is 10.1 Å². The largest absolute Gasteiger partial charge is 0.744 e. The minimum atomic E-state index is -4.35. The zero-order chi connectivity index (χ0) is 21.0. The van der Waals surface area contributed by atoms with Crippen LogP contribution in [0, 0.1) is 11.8 Å². The van der Waals surface area contributed by atoms with Crippen molar-refractivity contribution in [1.29, 1.82) is 0 Å². The number of rotatable bonds is 15. The minimum Gasteiger partial charge on any atom is -0.744 e. The van der Waals surface area contributed by atoms with E-state index in [9.17, 15) is 13.0 Å². The van der Waals surface area contributed by atoms with Crippen LogP contribution in [-0.4, -0.2) is 13.0 Å². The van der Waals surface area contributed by atoms with Gasteiger partial charge < -0.3 is 4.55 Å². The fraction of sp³-hybridized carbons (Fsp3) is 0.750. The first-order valence-electron chi connectivity index (χ1n) is 11.3. The van der Waals surface area contributed by atoms with E-state index >= 15 is 0 Å². The van der Waals surface area contributed by atoms with Crippen molar-refractivity contribution in [2.24, 2.45) is 11.8 Å². The molecule has 1 rings (SSSR count). The first-order chi connectivity index (χ1) is 13.3. The van der Waals surface area contributed by atoms with Crippen molar-refractivity contribution in [3.63, 3.8) is 0 Å². The molecule has 0 spiro atoms. The summed E-state index contributed by atoms with van der Waals surface area (Å²) in [7, 11) is -4.35. The molecule has 4 heteroatoms. The molecule has 0 bridgehead atoms. The van der Waals surface area contributed by atoms with Crippen LogP contribution in [-0.2, 0) is 10.1 Å². The summed E-state index contributed by atoms with van der Waals surface area (Å²) in [5.41, 5.74) is 1.11. The molecule has 1 aromatic carbocycles. The Morgan fingerprint density at radius 2 is 1.39 bits per heavy atom. The monoisotopic (exact) mass is 409 g/mol. The van der Waals surface area contributed by atoms with Crippen LogP contribution in [0.15, 0.2) is 29.2 Å². The van der Waals surface area contributed by atoms with Crippen molar-refractivity contribution >= 4 is 10.1 Å². The van der Waals surface area contributed by atoms with Gasteiger partial charge in [-0.15, -0.1) is 0 Å². The average molecular weight is 410 g/mol. The van der Waals surface area contributed by atoms with E-state index in [0.717, 1.165) is 23.8 Å². The van der Waals surface area contributed by atoms with Gasteiger partial charge in [-0.3, -0.25) is 0 Å². The highest BCUT2D eigenvalue weighted by atomic mass is 32.2. The van der Waals surface area contributed by atoms with Gasteiger partial charge in [0.2, 0.25) is 0 Å². The molecular formula is C24H41O3S-. The Morgan fingerprint density at radius 3 is 1.96 bits per heavy atom. The molecule has 0 aromatic heterocycles. The lowest BCUT2D eigenvalue weighted by Gasteiger charge is -2.17. The molecule has 3 atom stereocenters. The smallest absolute Gasteiger partial charge is 0.124 e. The standard InChI is InChI=1S/C24H42O3S/c1-5-7-14-22(6-2)15-9-8-11-20(3)12-10-13-21(4)23-16-18-24(19-17-23)28(25,26)27/h16-22H,5-15H2,1-4H3,(H,25,26,27)/p-1.